The van der Waals surface area contributed by atoms with Crippen molar-refractivity contribution in [3.05, 3.63) is 30.0 Å². The van der Waals surface area contributed by atoms with E-state index in [1.54, 1.807) is 0 Å². The highest BCUT2D eigenvalue weighted by molar-refractivity contribution is 5.92. The van der Waals surface area contributed by atoms with Crippen molar-refractivity contribution >= 4 is 16.6 Å². The lowest BCUT2D eigenvalue weighted by Crippen LogP contribution is -2.42. The minimum atomic E-state index is 0.218. The zero-order valence-corrected chi connectivity index (χ0v) is 11.3. The van der Waals surface area contributed by atoms with Gasteiger partial charge in [-0.3, -0.25) is 0 Å². The number of nitrogens with two attached hydrogens (primary N) is 1. The van der Waals surface area contributed by atoms with Crippen molar-refractivity contribution in [3.8, 4) is 0 Å². The van der Waals surface area contributed by atoms with Gasteiger partial charge in [-0.05, 0) is 19.8 Å². The van der Waals surface area contributed by atoms with E-state index in [0.29, 0.717) is 6.04 Å². The zero-order valence-electron chi connectivity index (χ0n) is 11.3. The van der Waals surface area contributed by atoms with Crippen molar-refractivity contribution in [2.24, 2.45) is 5.73 Å². The number of nitrogens with one attached hydrogen (secondary N) is 1. The molecule has 1 fully saturated rings. The average molecular weight is 256 g/mol. The Balaban J connectivity index is 1.94. The molecule has 3 rings (SSSR count). The van der Waals surface area contributed by atoms with Crippen molar-refractivity contribution in [2.75, 3.05) is 5.32 Å². The van der Waals surface area contributed by atoms with Crippen LogP contribution in [0.2, 0.25) is 0 Å². The smallest absolute Gasteiger partial charge is 0.156 e. The van der Waals surface area contributed by atoms with Gasteiger partial charge in [0.1, 0.15) is 0 Å². The molecule has 0 unspecified atom stereocenters. The van der Waals surface area contributed by atoms with Crippen molar-refractivity contribution < 1.29 is 0 Å². The highest BCUT2D eigenvalue weighted by Crippen LogP contribution is 2.26. The van der Waals surface area contributed by atoms with E-state index >= 15 is 0 Å². The number of benzene rings is 1. The van der Waals surface area contributed by atoms with Gasteiger partial charge in [-0.15, -0.1) is 5.10 Å². The summed E-state index contributed by atoms with van der Waals surface area (Å²) in [6.07, 6.45) is 4.68. The molecule has 2 atom stereocenters. The van der Waals surface area contributed by atoms with Gasteiger partial charge in [0.05, 0.1) is 5.69 Å². The van der Waals surface area contributed by atoms with Crippen molar-refractivity contribution in [3.63, 3.8) is 0 Å². The molecule has 0 amide bonds. The molecule has 0 radical (unpaired) electrons. The topological polar surface area (TPSA) is 63.8 Å². The lowest BCUT2D eigenvalue weighted by atomic mass is 9.91. The van der Waals surface area contributed by atoms with Crippen LogP contribution in [0.1, 0.15) is 31.4 Å². The Morgan fingerprint density at radius 3 is 2.63 bits per heavy atom. The Morgan fingerprint density at radius 2 is 1.84 bits per heavy atom. The number of hydrogen-bond acceptors (Lipinski definition) is 4. The van der Waals surface area contributed by atoms with Gasteiger partial charge in [0.25, 0.3) is 0 Å². The third-order valence-electron chi connectivity index (χ3n) is 4.01. The molecule has 0 bridgehead atoms. The molecule has 0 aliphatic heterocycles. The van der Waals surface area contributed by atoms with Crippen molar-refractivity contribution in [1.29, 1.82) is 0 Å². The molecule has 1 saturated carbocycles. The van der Waals surface area contributed by atoms with E-state index in [-0.39, 0.29) is 6.04 Å². The van der Waals surface area contributed by atoms with Gasteiger partial charge in [0.15, 0.2) is 5.82 Å². The molecule has 1 aliphatic rings. The van der Waals surface area contributed by atoms with Gasteiger partial charge in [0.2, 0.25) is 0 Å². The molecule has 1 aromatic heterocycles. The van der Waals surface area contributed by atoms with Crippen LogP contribution in [0.4, 0.5) is 5.82 Å². The predicted molar refractivity (Wildman–Crippen MR) is 78.1 cm³/mol. The van der Waals surface area contributed by atoms with Crippen LogP contribution < -0.4 is 11.1 Å². The summed E-state index contributed by atoms with van der Waals surface area (Å²) in [5, 5.41) is 14.4. The molecule has 4 nitrogen and oxygen atoms in total. The molecule has 1 aliphatic carbocycles. The summed E-state index contributed by atoms with van der Waals surface area (Å²) in [5.74, 6) is 0.864. The van der Waals surface area contributed by atoms with Crippen LogP contribution in [0, 0.1) is 6.92 Å². The molecular weight excluding hydrogens is 236 g/mol. The first kappa shape index (κ1) is 12.4. The second-order valence-corrected chi connectivity index (χ2v) is 5.38. The first-order chi connectivity index (χ1) is 9.25. The Hall–Kier alpha value is -1.68. The molecule has 0 spiro atoms. The second kappa shape index (κ2) is 5.13. The molecule has 0 saturated heterocycles. The molecule has 3 N–H and O–H groups in total. The van der Waals surface area contributed by atoms with Gasteiger partial charge in [-0.2, -0.15) is 5.10 Å². The van der Waals surface area contributed by atoms with Gasteiger partial charge in [0, 0.05) is 22.9 Å². The number of hydrogen-bond donors (Lipinski definition) is 2. The molecular formula is C15H20N4. The third kappa shape index (κ3) is 2.40. The SMILES string of the molecule is Cc1nnc(N[C@@H]2CCCC[C@H]2N)c2ccccc12. The van der Waals surface area contributed by atoms with Crippen LogP contribution in [0.3, 0.4) is 0 Å². The minimum Gasteiger partial charge on any atom is -0.364 e. The first-order valence-corrected chi connectivity index (χ1v) is 7.00. The summed E-state index contributed by atoms with van der Waals surface area (Å²) < 4.78 is 0. The maximum absolute atomic E-state index is 6.19. The summed E-state index contributed by atoms with van der Waals surface area (Å²) in [4.78, 5) is 0. The van der Waals surface area contributed by atoms with Crippen molar-refractivity contribution in [2.45, 2.75) is 44.7 Å². The summed E-state index contributed by atoms with van der Waals surface area (Å²) >= 11 is 0. The molecule has 1 heterocycles. The molecule has 4 heteroatoms. The third-order valence-corrected chi connectivity index (χ3v) is 4.01. The average Bonchev–Trinajstić information content (AvgIpc) is 2.44. The molecule has 2 aromatic rings. The Bertz CT molecular complexity index is 581. The lowest BCUT2D eigenvalue weighted by Gasteiger charge is -2.29. The second-order valence-electron chi connectivity index (χ2n) is 5.38. The van der Waals surface area contributed by atoms with E-state index in [1.807, 2.05) is 19.1 Å². The standard InChI is InChI=1S/C15H20N4/c1-10-11-6-2-3-7-12(11)15(19-18-10)17-14-9-5-4-8-13(14)16/h2-3,6-7,13-14H,4-5,8-9,16H2,1H3,(H,17,19)/t13-,14-/m1/s1. The summed E-state index contributed by atoms with van der Waals surface area (Å²) in [6.45, 7) is 1.99. The summed E-state index contributed by atoms with van der Waals surface area (Å²) in [6, 6.07) is 8.78. The summed E-state index contributed by atoms with van der Waals surface area (Å²) in [5.41, 5.74) is 7.16. The largest absolute Gasteiger partial charge is 0.364 e. The van der Waals surface area contributed by atoms with Crippen LogP contribution >= 0.6 is 0 Å². The lowest BCUT2D eigenvalue weighted by molar-refractivity contribution is 0.403. The van der Waals surface area contributed by atoms with Crippen LogP contribution in [0.5, 0.6) is 0 Å². The fraction of sp³-hybridized carbons (Fsp3) is 0.467. The Labute approximate surface area is 113 Å². The van der Waals surface area contributed by atoms with E-state index in [0.717, 1.165) is 35.1 Å². The number of anilines is 1. The normalized spacial score (nSPS) is 23.5. The fourth-order valence-corrected chi connectivity index (χ4v) is 2.86. The van der Waals surface area contributed by atoms with E-state index in [9.17, 15) is 0 Å². The fourth-order valence-electron chi connectivity index (χ4n) is 2.86. The molecule has 100 valence electrons. The number of nitrogens with zero attached hydrogens (tertiary/aromatic N) is 2. The predicted octanol–water partition coefficient (Wildman–Crippen LogP) is 2.62. The van der Waals surface area contributed by atoms with E-state index in [2.05, 4.69) is 27.6 Å². The molecule has 19 heavy (non-hydrogen) atoms. The Morgan fingerprint density at radius 1 is 1.11 bits per heavy atom. The van der Waals surface area contributed by atoms with Gasteiger partial charge >= 0.3 is 0 Å². The first-order valence-electron chi connectivity index (χ1n) is 7.00. The van der Waals surface area contributed by atoms with Gasteiger partial charge in [-0.25, -0.2) is 0 Å². The van der Waals surface area contributed by atoms with E-state index < -0.39 is 0 Å². The number of aryl methyl sites for hydroxylation is 1. The van der Waals surface area contributed by atoms with Crippen LogP contribution in [-0.2, 0) is 0 Å². The van der Waals surface area contributed by atoms with Crippen LogP contribution in [0.15, 0.2) is 24.3 Å². The highest BCUT2D eigenvalue weighted by Gasteiger charge is 2.22. The Kier molecular flexibility index (Phi) is 3.34. The van der Waals surface area contributed by atoms with E-state index in [1.165, 1.54) is 12.8 Å². The maximum Gasteiger partial charge on any atom is 0.156 e. The quantitative estimate of drug-likeness (QED) is 0.867. The van der Waals surface area contributed by atoms with Gasteiger partial charge in [-0.1, -0.05) is 37.1 Å². The minimum absolute atomic E-state index is 0.218. The highest BCUT2D eigenvalue weighted by atomic mass is 15.2. The van der Waals surface area contributed by atoms with Crippen LogP contribution in [-0.4, -0.2) is 22.3 Å². The van der Waals surface area contributed by atoms with Crippen molar-refractivity contribution in [1.82, 2.24) is 10.2 Å². The number of rotatable bonds is 2. The zero-order chi connectivity index (χ0) is 13.2. The number of aromatic nitrogens is 2. The van der Waals surface area contributed by atoms with E-state index in [4.69, 9.17) is 5.73 Å². The maximum atomic E-state index is 6.19. The van der Waals surface area contributed by atoms with Crippen LogP contribution in [0.25, 0.3) is 10.8 Å². The monoisotopic (exact) mass is 256 g/mol. The van der Waals surface area contributed by atoms with Gasteiger partial charge < -0.3 is 11.1 Å². The molecule has 1 aromatic carbocycles. The number of fused-ring (bicyclic) bond motifs is 1. The summed E-state index contributed by atoms with van der Waals surface area (Å²) in [7, 11) is 0.